The maximum absolute atomic E-state index is 14.0. The molecule has 0 saturated carbocycles. The van der Waals surface area contributed by atoms with Gasteiger partial charge in [0.25, 0.3) is 5.91 Å². The second kappa shape index (κ2) is 7.32. The van der Waals surface area contributed by atoms with Crippen LogP contribution in [0.15, 0.2) is 60.1 Å². The molecular weight excluding hydrogens is 382 g/mol. The molecule has 4 rings (SSSR count). The number of carbonyl (C=O) groups is 1. The molecule has 2 aromatic heterocycles. The van der Waals surface area contributed by atoms with Crippen LogP contribution in [0, 0.1) is 11.6 Å². The molecule has 0 fully saturated rings. The number of benzene rings is 2. The number of hydrogen-bond donors (Lipinski definition) is 1. The molecule has 28 heavy (non-hydrogen) atoms. The molecule has 0 bridgehead atoms. The maximum atomic E-state index is 14.0. The van der Waals surface area contributed by atoms with E-state index in [-0.39, 0.29) is 11.3 Å². The lowest BCUT2D eigenvalue weighted by molar-refractivity contribution is 0.102. The van der Waals surface area contributed by atoms with Crippen molar-refractivity contribution in [2.75, 3.05) is 5.32 Å². The van der Waals surface area contributed by atoms with Crippen LogP contribution in [-0.2, 0) is 7.05 Å². The summed E-state index contributed by atoms with van der Waals surface area (Å²) in [6.07, 6.45) is 0. The van der Waals surface area contributed by atoms with Crippen LogP contribution in [0.3, 0.4) is 0 Å². The summed E-state index contributed by atoms with van der Waals surface area (Å²) in [4.78, 5) is 17.7. The van der Waals surface area contributed by atoms with Crippen LogP contribution in [0.25, 0.3) is 21.7 Å². The topological polar surface area (TPSA) is 59.8 Å². The molecule has 0 atom stereocenters. The highest BCUT2D eigenvalue weighted by Gasteiger charge is 2.19. The van der Waals surface area contributed by atoms with Gasteiger partial charge in [-0.05, 0) is 17.7 Å². The highest BCUT2D eigenvalue weighted by molar-refractivity contribution is 7.13. The van der Waals surface area contributed by atoms with Crippen LogP contribution in [0.4, 0.5) is 14.6 Å². The number of anilines is 1. The minimum atomic E-state index is -0.721. The highest BCUT2D eigenvalue weighted by Crippen LogP contribution is 2.29. The molecule has 0 aliphatic carbocycles. The highest BCUT2D eigenvalue weighted by atomic mass is 32.1. The van der Waals surface area contributed by atoms with Crippen molar-refractivity contribution in [3.05, 3.63) is 77.4 Å². The Bertz CT molecular complexity index is 1150. The number of nitrogens with zero attached hydrogens (tertiary/aromatic N) is 3. The summed E-state index contributed by atoms with van der Waals surface area (Å²) in [5.74, 6) is -1.41. The number of aromatic nitrogens is 3. The second-order valence-electron chi connectivity index (χ2n) is 6.01. The van der Waals surface area contributed by atoms with Crippen LogP contribution in [0.5, 0.6) is 0 Å². The standard InChI is InChI=1S/C20H14F2N4OS/c1-26-17(10-16(25-26)14-8-7-13(21)9-15(14)22)24-20(27)18-19(28-11-23-18)12-5-3-2-4-6-12/h2-11H,1H3,(H,24,27). The Morgan fingerprint density at radius 1 is 1.11 bits per heavy atom. The fourth-order valence-corrected chi connectivity index (χ4v) is 3.58. The van der Waals surface area contributed by atoms with Crippen LogP contribution >= 0.6 is 11.3 Å². The van der Waals surface area contributed by atoms with Gasteiger partial charge >= 0.3 is 0 Å². The average molecular weight is 396 g/mol. The van der Waals surface area contributed by atoms with E-state index in [1.165, 1.54) is 28.2 Å². The van der Waals surface area contributed by atoms with Gasteiger partial charge in [-0.1, -0.05) is 30.3 Å². The largest absolute Gasteiger partial charge is 0.305 e. The van der Waals surface area contributed by atoms with Gasteiger partial charge in [0.15, 0.2) is 0 Å². The van der Waals surface area contributed by atoms with E-state index in [4.69, 9.17) is 0 Å². The number of thiazole rings is 1. The molecule has 0 aliphatic heterocycles. The number of carbonyl (C=O) groups excluding carboxylic acids is 1. The first-order valence-corrected chi connectivity index (χ1v) is 9.20. The quantitative estimate of drug-likeness (QED) is 0.542. The normalized spacial score (nSPS) is 10.8. The number of aryl methyl sites for hydroxylation is 1. The van der Waals surface area contributed by atoms with E-state index in [0.717, 1.165) is 22.6 Å². The van der Waals surface area contributed by atoms with Gasteiger partial charge in [0.1, 0.15) is 23.1 Å². The molecule has 0 saturated heterocycles. The Labute approximate surface area is 163 Å². The first-order valence-electron chi connectivity index (χ1n) is 8.32. The van der Waals surface area contributed by atoms with E-state index < -0.39 is 17.5 Å². The lowest BCUT2D eigenvalue weighted by Crippen LogP contribution is -2.15. The van der Waals surface area contributed by atoms with Crippen molar-refractivity contribution in [2.24, 2.45) is 7.05 Å². The molecule has 0 unspecified atom stereocenters. The monoisotopic (exact) mass is 396 g/mol. The Morgan fingerprint density at radius 2 is 1.89 bits per heavy atom. The Hall–Kier alpha value is -3.39. The fourth-order valence-electron chi connectivity index (χ4n) is 2.79. The summed E-state index contributed by atoms with van der Waals surface area (Å²) in [5, 5.41) is 6.96. The number of rotatable bonds is 4. The third kappa shape index (κ3) is 3.41. The van der Waals surface area contributed by atoms with Crippen molar-refractivity contribution in [1.82, 2.24) is 14.8 Å². The Kier molecular flexibility index (Phi) is 4.70. The van der Waals surface area contributed by atoms with E-state index in [1.54, 1.807) is 12.6 Å². The average Bonchev–Trinajstić information content (AvgIpc) is 3.30. The zero-order chi connectivity index (χ0) is 19.7. The van der Waals surface area contributed by atoms with Gasteiger partial charge in [0, 0.05) is 24.7 Å². The lowest BCUT2D eigenvalue weighted by Gasteiger charge is -2.05. The van der Waals surface area contributed by atoms with E-state index in [9.17, 15) is 13.6 Å². The number of hydrogen-bond acceptors (Lipinski definition) is 4. The summed E-state index contributed by atoms with van der Waals surface area (Å²) in [6, 6.07) is 14.3. The zero-order valence-corrected chi connectivity index (χ0v) is 15.5. The van der Waals surface area contributed by atoms with Gasteiger partial charge in [0.2, 0.25) is 0 Å². The van der Waals surface area contributed by atoms with Gasteiger partial charge in [-0.2, -0.15) is 5.10 Å². The van der Waals surface area contributed by atoms with Crippen molar-refractivity contribution in [1.29, 1.82) is 0 Å². The molecule has 0 spiro atoms. The Balaban J connectivity index is 1.62. The second-order valence-corrected chi connectivity index (χ2v) is 6.87. The molecule has 5 nitrogen and oxygen atoms in total. The first kappa shape index (κ1) is 18.0. The number of amides is 1. The third-order valence-corrected chi connectivity index (χ3v) is 5.02. The zero-order valence-electron chi connectivity index (χ0n) is 14.7. The SMILES string of the molecule is Cn1nc(-c2ccc(F)cc2F)cc1NC(=O)c1ncsc1-c1ccccc1. The predicted molar refractivity (Wildman–Crippen MR) is 104 cm³/mol. The maximum Gasteiger partial charge on any atom is 0.276 e. The predicted octanol–water partition coefficient (Wildman–Crippen LogP) is 4.74. The van der Waals surface area contributed by atoms with Crippen molar-refractivity contribution >= 4 is 23.1 Å². The molecule has 1 N–H and O–H groups in total. The molecule has 2 heterocycles. The van der Waals surface area contributed by atoms with Crippen LogP contribution < -0.4 is 5.32 Å². The van der Waals surface area contributed by atoms with E-state index >= 15 is 0 Å². The summed E-state index contributed by atoms with van der Waals surface area (Å²) >= 11 is 1.37. The van der Waals surface area contributed by atoms with Gasteiger partial charge in [0.05, 0.1) is 16.1 Å². The van der Waals surface area contributed by atoms with Gasteiger partial charge in [-0.15, -0.1) is 11.3 Å². The molecule has 140 valence electrons. The minimum absolute atomic E-state index is 0.149. The molecular formula is C20H14F2N4OS. The van der Waals surface area contributed by atoms with Crippen LogP contribution in [-0.4, -0.2) is 20.7 Å². The summed E-state index contributed by atoms with van der Waals surface area (Å²) in [5.41, 5.74) is 3.24. The van der Waals surface area contributed by atoms with Crippen molar-refractivity contribution in [3.63, 3.8) is 0 Å². The van der Waals surface area contributed by atoms with Gasteiger partial charge in [-0.25, -0.2) is 13.8 Å². The Morgan fingerprint density at radius 3 is 2.64 bits per heavy atom. The molecule has 1 amide bonds. The van der Waals surface area contributed by atoms with E-state index in [0.29, 0.717) is 11.5 Å². The van der Waals surface area contributed by atoms with Gasteiger partial charge < -0.3 is 5.32 Å². The molecule has 0 radical (unpaired) electrons. The molecule has 8 heteroatoms. The summed E-state index contributed by atoms with van der Waals surface area (Å²) < 4.78 is 28.6. The number of halogens is 2. The minimum Gasteiger partial charge on any atom is -0.305 e. The van der Waals surface area contributed by atoms with Crippen LogP contribution in [0.1, 0.15) is 10.5 Å². The van der Waals surface area contributed by atoms with Crippen molar-refractivity contribution < 1.29 is 13.6 Å². The van der Waals surface area contributed by atoms with Crippen molar-refractivity contribution in [3.8, 4) is 21.7 Å². The number of nitrogens with one attached hydrogen (secondary N) is 1. The van der Waals surface area contributed by atoms with Crippen LogP contribution in [0.2, 0.25) is 0 Å². The van der Waals surface area contributed by atoms with E-state index in [1.807, 2.05) is 30.3 Å². The van der Waals surface area contributed by atoms with Crippen molar-refractivity contribution in [2.45, 2.75) is 0 Å². The van der Waals surface area contributed by atoms with Gasteiger partial charge in [-0.3, -0.25) is 9.48 Å². The lowest BCUT2D eigenvalue weighted by atomic mass is 10.1. The summed E-state index contributed by atoms with van der Waals surface area (Å²) in [7, 11) is 1.62. The van der Waals surface area contributed by atoms with E-state index in [2.05, 4.69) is 15.4 Å². The third-order valence-electron chi connectivity index (χ3n) is 4.15. The first-order chi connectivity index (χ1) is 13.5. The smallest absolute Gasteiger partial charge is 0.276 e. The molecule has 4 aromatic rings. The molecule has 2 aromatic carbocycles. The summed E-state index contributed by atoms with van der Waals surface area (Å²) in [6.45, 7) is 0. The molecule has 0 aliphatic rings. The fraction of sp³-hybridized carbons (Fsp3) is 0.0500.